The number of rotatable bonds is 3. The first-order valence-corrected chi connectivity index (χ1v) is 10.5. The summed E-state index contributed by atoms with van der Waals surface area (Å²) in [5.74, 6) is -0.551. The summed E-state index contributed by atoms with van der Waals surface area (Å²) in [5.41, 5.74) is 2.58. The molecule has 0 atom stereocenters. The minimum absolute atomic E-state index is 0.180. The van der Waals surface area contributed by atoms with E-state index in [9.17, 15) is 13.2 Å². The molecule has 0 N–H and O–H groups in total. The summed E-state index contributed by atoms with van der Waals surface area (Å²) < 4.78 is 28.8. The number of carbonyl (C=O) groups is 1. The van der Waals surface area contributed by atoms with Crippen LogP contribution in [-0.4, -0.2) is 14.3 Å². The van der Waals surface area contributed by atoms with Crippen LogP contribution in [0.25, 0.3) is 0 Å². The SMILES string of the molecule is CC(=O)N(c1cc(Br)ccc1I)S(=O)(=O)c1c(C)cc(C)cc1C. The number of amides is 1. The van der Waals surface area contributed by atoms with Crippen LogP contribution in [0.15, 0.2) is 39.7 Å². The smallest absolute Gasteiger partial charge is 0.271 e. The van der Waals surface area contributed by atoms with Gasteiger partial charge in [-0.05, 0) is 72.7 Å². The van der Waals surface area contributed by atoms with Gasteiger partial charge in [-0.1, -0.05) is 33.6 Å². The molecule has 128 valence electrons. The molecule has 0 fully saturated rings. The van der Waals surface area contributed by atoms with E-state index in [0.29, 0.717) is 24.9 Å². The lowest BCUT2D eigenvalue weighted by molar-refractivity contribution is -0.115. The van der Waals surface area contributed by atoms with Crippen molar-refractivity contribution in [2.24, 2.45) is 0 Å². The monoisotopic (exact) mass is 521 g/mol. The van der Waals surface area contributed by atoms with Gasteiger partial charge in [0.15, 0.2) is 0 Å². The Labute approximate surface area is 164 Å². The van der Waals surface area contributed by atoms with Crippen LogP contribution in [0, 0.1) is 24.3 Å². The Balaban J connectivity index is 2.77. The number of halogens is 2. The number of aryl methyl sites for hydroxylation is 3. The molecule has 2 aromatic carbocycles. The first-order valence-electron chi connectivity index (χ1n) is 7.14. The summed E-state index contributed by atoms with van der Waals surface area (Å²) >= 11 is 5.37. The number of anilines is 1. The van der Waals surface area contributed by atoms with Gasteiger partial charge in [0.25, 0.3) is 10.0 Å². The molecule has 0 spiro atoms. The predicted molar refractivity (Wildman–Crippen MR) is 108 cm³/mol. The van der Waals surface area contributed by atoms with Crippen molar-refractivity contribution >= 4 is 60.1 Å². The Bertz CT molecular complexity index is 902. The zero-order valence-electron chi connectivity index (χ0n) is 13.7. The topological polar surface area (TPSA) is 54.5 Å². The van der Waals surface area contributed by atoms with Gasteiger partial charge in [-0.15, -0.1) is 0 Å². The van der Waals surface area contributed by atoms with Crippen LogP contribution in [0.5, 0.6) is 0 Å². The van der Waals surface area contributed by atoms with Gasteiger partial charge in [0, 0.05) is 15.0 Å². The average molecular weight is 522 g/mol. The summed E-state index contributed by atoms with van der Waals surface area (Å²) in [6, 6.07) is 8.83. The third kappa shape index (κ3) is 3.67. The Morgan fingerprint density at radius 1 is 1.08 bits per heavy atom. The van der Waals surface area contributed by atoms with Gasteiger partial charge in [0.1, 0.15) is 0 Å². The standard InChI is InChI=1S/C17H17BrINO3S/c1-10-7-11(2)17(12(3)8-10)24(22,23)20(13(4)21)16-9-14(18)5-6-15(16)19/h5-9H,1-4H3. The summed E-state index contributed by atoms with van der Waals surface area (Å²) in [5, 5.41) is 0. The Kier molecular flexibility index (Phi) is 5.76. The Morgan fingerprint density at radius 3 is 2.12 bits per heavy atom. The molecule has 0 aliphatic rings. The lowest BCUT2D eigenvalue weighted by Crippen LogP contribution is -2.36. The van der Waals surface area contributed by atoms with Crippen molar-refractivity contribution in [3.05, 3.63) is 55.1 Å². The summed E-state index contributed by atoms with van der Waals surface area (Å²) in [6.45, 7) is 6.66. The maximum Gasteiger partial charge on any atom is 0.271 e. The molecule has 0 bridgehead atoms. The molecule has 24 heavy (non-hydrogen) atoms. The first-order chi connectivity index (χ1) is 11.1. The van der Waals surface area contributed by atoms with Gasteiger partial charge in [-0.2, -0.15) is 0 Å². The summed E-state index contributed by atoms with van der Waals surface area (Å²) in [7, 11) is -4.01. The normalized spacial score (nSPS) is 11.4. The van der Waals surface area contributed by atoms with Gasteiger partial charge in [0.2, 0.25) is 5.91 Å². The second-order valence-corrected chi connectivity index (χ2v) is 9.41. The van der Waals surface area contributed by atoms with Crippen molar-refractivity contribution in [2.45, 2.75) is 32.6 Å². The highest BCUT2D eigenvalue weighted by molar-refractivity contribution is 14.1. The molecular weight excluding hydrogens is 505 g/mol. The lowest BCUT2D eigenvalue weighted by atomic mass is 10.1. The maximum absolute atomic E-state index is 13.3. The summed E-state index contributed by atoms with van der Waals surface area (Å²) in [6.07, 6.45) is 0. The van der Waals surface area contributed by atoms with E-state index in [1.165, 1.54) is 6.92 Å². The van der Waals surface area contributed by atoms with E-state index in [0.717, 1.165) is 9.87 Å². The number of sulfonamides is 1. The van der Waals surface area contributed by atoms with Crippen LogP contribution in [0.3, 0.4) is 0 Å². The van der Waals surface area contributed by atoms with E-state index in [-0.39, 0.29) is 4.90 Å². The van der Waals surface area contributed by atoms with Gasteiger partial charge in [-0.3, -0.25) is 4.79 Å². The number of hydrogen-bond acceptors (Lipinski definition) is 3. The highest BCUT2D eigenvalue weighted by Gasteiger charge is 2.32. The predicted octanol–water partition coefficient (Wildman–Crippen LogP) is 4.72. The molecule has 0 saturated heterocycles. The third-order valence-corrected chi connectivity index (χ3v) is 7.02. The minimum Gasteiger partial charge on any atom is -0.274 e. The minimum atomic E-state index is -4.01. The van der Waals surface area contributed by atoms with Gasteiger partial charge in [0.05, 0.1) is 10.6 Å². The second-order valence-electron chi connectivity index (χ2n) is 5.61. The zero-order valence-corrected chi connectivity index (χ0v) is 18.3. The third-order valence-electron chi connectivity index (χ3n) is 3.52. The maximum atomic E-state index is 13.3. The van der Waals surface area contributed by atoms with E-state index >= 15 is 0 Å². The summed E-state index contributed by atoms with van der Waals surface area (Å²) in [4.78, 5) is 12.4. The number of nitrogens with zero attached hydrogens (tertiary/aromatic N) is 1. The van der Waals surface area contributed by atoms with Crippen LogP contribution in [0.4, 0.5) is 5.69 Å². The molecule has 0 saturated carbocycles. The molecular formula is C17H17BrINO3S. The first kappa shape index (κ1) is 19.4. The van der Waals surface area contributed by atoms with Crippen LogP contribution in [-0.2, 0) is 14.8 Å². The average Bonchev–Trinajstić information content (AvgIpc) is 2.40. The van der Waals surface area contributed by atoms with Crippen molar-refractivity contribution in [3.63, 3.8) is 0 Å². The van der Waals surface area contributed by atoms with Crippen LogP contribution in [0.2, 0.25) is 0 Å². The molecule has 7 heteroatoms. The van der Waals surface area contributed by atoms with Crippen molar-refractivity contribution < 1.29 is 13.2 Å². The zero-order chi connectivity index (χ0) is 18.2. The van der Waals surface area contributed by atoms with E-state index in [2.05, 4.69) is 15.9 Å². The molecule has 2 rings (SSSR count). The number of hydrogen-bond donors (Lipinski definition) is 0. The highest BCUT2D eigenvalue weighted by atomic mass is 127. The fraction of sp³-hybridized carbons (Fsp3) is 0.235. The largest absolute Gasteiger partial charge is 0.274 e. The van der Waals surface area contributed by atoms with Gasteiger partial charge >= 0.3 is 0 Å². The molecule has 0 heterocycles. The molecule has 0 unspecified atom stereocenters. The Hall–Kier alpha value is -0.930. The van der Waals surface area contributed by atoms with E-state index in [1.54, 1.807) is 32.0 Å². The van der Waals surface area contributed by atoms with Crippen molar-refractivity contribution in [1.29, 1.82) is 0 Å². The number of benzene rings is 2. The fourth-order valence-electron chi connectivity index (χ4n) is 2.77. The van der Waals surface area contributed by atoms with Gasteiger partial charge < -0.3 is 0 Å². The lowest BCUT2D eigenvalue weighted by Gasteiger charge is -2.24. The van der Waals surface area contributed by atoms with Crippen LogP contribution in [0.1, 0.15) is 23.6 Å². The van der Waals surface area contributed by atoms with Crippen molar-refractivity contribution in [1.82, 2.24) is 0 Å². The van der Waals surface area contributed by atoms with Gasteiger partial charge in [-0.25, -0.2) is 12.7 Å². The highest BCUT2D eigenvalue weighted by Crippen LogP contribution is 2.33. The van der Waals surface area contributed by atoms with Crippen LogP contribution < -0.4 is 4.31 Å². The molecule has 2 aromatic rings. The quantitative estimate of drug-likeness (QED) is 0.549. The molecule has 0 aliphatic carbocycles. The van der Waals surface area contributed by atoms with E-state index < -0.39 is 15.9 Å². The fourth-order valence-corrected chi connectivity index (χ4v) is 5.73. The second kappa shape index (κ2) is 7.13. The molecule has 1 amide bonds. The molecule has 0 aromatic heterocycles. The van der Waals surface area contributed by atoms with Crippen molar-refractivity contribution in [3.8, 4) is 0 Å². The molecule has 0 radical (unpaired) electrons. The number of carbonyl (C=O) groups excluding carboxylic acids is 1. The molecule has 4 nitrogen and oxygen atoms in total. The van der Waals surface area contributed by atoms with Crippen LogP contribution >= 0.6 is 38.5 Å². The molecule has 0 aliphatic heterocycles. The van der Waals surface area contributed by atoms with Crippen molar-refractivity contribution in [2.75, 3.05) is 4.31 Å². The van der Waals surface area contributed by atoms with E-state index in [1.807, 2.05) is 41.6 Å². The Morgan fingerprint density at radius 2 is 1.62 bits per heavy atom. The van der Waals surface area contributed by atoms with E-state index in [4.69, 9.17) is 0 Å².